The van der Waals surface area contributed by atoms with Crippen LogP contribution in [0.2, 0.25) is 0 Å². The second-order valence-corrected chi connectivity index (χ2v) is 10.0. The van der Waals surface area contributed by atoms with Gasteiger partial charge in [0.15, 0.2) is 5.13 Å². The van der Waals surface area contributed by atoms with Gasteiger partial charge >= 0.3 is 5.91 Å². The van der Waals surface area contributed by atoms with Gasteiger partial charge in [0.2, 0.25) is 0 Å². The van der Waals surface area contributed by atoms with Crippen molar-refractivity contribution >= 4 is 44.1 Å². The number of carbonyl (C=O) groups is 2. The topological polar surface area (TPSA) is 79.7 Å². The van der Waals surface area contributed by atoms with Gasteiger partial charge in [0.1, 0.15) is 17.6 Å². The molecule has 1 aromatic heterocycles. The fourth-order valence-electron chi connectivity index (χ4n) is 4.83. The number of Topliss-reactive ketones (excluding diaryl/α,β-unsaturated/α-hetero) is 1. The molecule has 2 atom stereocenters. The standard InChI is InChI=1S/C28H22N2O4S/c1-15-8-10-20-22(12-15)35-28(29-20)30-24(17-6-4-3-5-7-17)23(26(32)27(30)33)25(31)18-9-11-21-19(14-18)13-16(2)34-21/h3-12,14,16,24,31H,13H2,1-2H3/b25-23+/t16-,24+/m0/s1. The molecule has 1 saturated heterocycles. The van der Waals surface area contributed by atoms with Crippen LogP contribution < -0.4 is 9.64 Å². The number of aryl methyl sites for hydroxylation is 1. The third-order valence-corrected chi connectivity index (χ3v) is 7.49. The highest BCUT2D eigenvalue weighted by atomic mass is 32.1. The summed E-state index contributed by atoms with van der Waals surface area (Å²) in [5.41, 5.74) is 4.08. The molecular weight excluding hydrogens is 460 g/mol. The first-order valence-electron chi connectivity index (χ1n) is 11.4. The number of hydrogen-bond donors (Lipinski definition) is 1. The van der Waals surface area contributed by atoms with E-state index in [2.05, 4.69) is 4.98 Å². The van der Waals surface area contributed by atoms with Crippen LogP contribution >= 0.6 is 11.3 Å². The summed E-state index contributed by atoms with van der Waals surface area (Å²) in [5.74, 6) is -0.843. The van der Waals surface area contributed by atoms with E-state index in [1.807, 2.05) is 68.4 Å². The Hall–Kier alpha value is -3.97. The molecule has 0 radical (unpaired) electrons. The molecule has 7 heteroatoms. The predicted molar refractivity (Wildman–Crippen MR) is 136 cm³/mol. The second kappa shape index (κ2) is 8.06. The number of rotatable bonds is 3. The quantitative estimate of drug-likeness (QED) is 0.235. The minimum absolute atomic E-state index is 0.0555. The van der Waals surface area contributed by atoms with E-state index in [9.17, 15) is 14.7 Å². The van der Waals surface area contributed by atoms with E-state index >= 15 is 0 Å². The van der Waals surface area contributed by atoms with Crippen LogP contribution in [0.25, 0.3) is 16.0 Å². The number of benzene rings is 3. The molecule has 3 aromatic carbocycles. The van der Waals surface area contributed by atoms with Crippen molar-refractivity contribution in [2.24, 2.45) is 0 Å². The Kier molecular flexibility index (Phi) is 4.96. The zero-order valence-electron chi connectivity index (χ0n) is 19.2. The molecule has 2 aliphatic heterocycles. The zero-order valence-corrected chi connectivity index (χ0v) is 20.0. The lowest BCUT2D eigenvalue weighted by molar-refractivity contribution is -0.132. The molecule has 2 aliphatic rings. The molecule has 174 valence electrons. The molecule has 0 unspecified atom stereocenters. The van der Waals surface area contributed by atoms with Crippen molar-refractivity contribution < 1.29 is 19.4 Å². The van der Waals surface area contributed by atoms with Crippen LogP contribution in [-0.2, 0) is 16.0 Å². The average molecular weight is 483 g/mol. The van der Waals surface area contributed by atoms with Crippen molar-refractivity contribution in [2.75, 3.05) is 4.90 Å². The smallest absolute Gasteiger partial charge is 0.301 e. The summed E-state index contributed by atoms with van der Waals surface area (Å²) in [6.07, 6.45) is 0.776. The van der Waals surface area contributed by atoms with Crippen LogP contribution in [0.5, 0.6) is 5.75 Å². The van der Waals surface area contributed by atoms with Gasteiger partial charge in [-0.1, -0.05) is 47.7 Å². The first-order chi connectivity index (χ1) is 16.9. The number of hydrogen-bond acceptors (Lipinski definition) is 6. The molecule has 0 spiro atoms. The highest BCUT2D eigenvalue weighted by molar-refractivity contribution is 7.22. The largest absolute Gasteiger partial charge is 0.507 e. The van der Waals surface area contributed by atoms with Crippen molar-refractivity contribution in [2.45, 2.75) is 32.4 Å². The Morgan fingerprint density at radius 1 is 1.09 bits per heavy atom. The Labute approximate surface area is 206 Å². The van der Waals surface area contributed by atoms with Gasteiger partial charge in [0, 0.05) is 12.0 Å². The monoisotopic (exact) mass is 482 g/mol. The molecule has 0 bridgehead atoms. The van der Waals surface area contributed by atoms with Gasteiger partial charge in [-0.25, -0.2) is 4.98 Å². The number of amides is 1. The molecule has 1 N–H and O–H groups in total. The fraction of sp³-hybridized carbons (Fsp3) is 0.179. The highest BCUT2D eigenvalue weighted by Crippen LogP contribution is 2.44. The van der Waals surface area contributed by atoms with Crippen LogP contribution in [0.1, 0.15) is 35.2 Å². The van der Waals surface area contributed by atoms with Gasteiger partial charge in [-0.15, -0.1) is 0 Å². The number of fused-ring (bicyclic) bond motifs is 2. The van der Waals surface area contributed by atoms with E-state index in [4.69, 9.17) is 4.74 Å². The van der Waals surface area contributed by atoms with Crippen molar-refractivity contribution in [1.29, 1.82) is 0 Å². The third kappa shape index (κ3) is 3.51. The summed E-state index contributed by atoms with van der Waals surface area (Å²) in [6, 6.07) is 19.7. The predicted octanol–water partition coefficient (Wildman–Crippen LogP) is 5.55. The van der Waals surface area contributed by atoms with Gasteiger partial charge in [0.05, 0.1) is 21.8 Å². The Bertz CT molecular complexity index is 1540. The Balaban J connectivity index is 1.53. The third-order valence-electron chi connectivity index (χ3n) is 6.47. The van der Waals surface area contributed by atoms with Crippen molar-refractivity contribution in [3.05, 3.63) is 94.6 Å². The van der Waals surface area contributed by atoms with Crippen molar-refractivity contribution in [1.82, 2.24) is 4.98 Å². The molecule has 1 fully saturated rings. The number of nitrogens with zero attached hydrogens (tertiary/aromatic N) is 2. The summed E-state index contributed by atoms with van der Waals surface area (Å²) >= 11 is 1.36. The maximum absolute atomic E-state index is 13.4. The van der Waals surface area contributed by atoms with Gasteiger partial charge in [0.25, 0.3) is 5.78 Å². The highest BCUT2D eigenvalue weighted by Gasteiger charge is 2.48. The van der Waals surface area contributed by atoms with Crippen molar-refractivity contribution in [3.63, 3.8) is 0 Å². The second-order valence-electron chi connectivity index (χ2n) is 9.00. The Morgan fingerprint density at radius 3 is 2.69 bits per heavy atom. The van der Waals surface area contributed by atoms with E-state index in [0.29, 0.717) is 10.7 Å². The van der Waals surface area contributed by atoms with Gasteiger partial charge in [-0.3, -0.25) is 14.5 Å². The van der Waals surface area contributed by atoms with Crippen LogP contribution in [0.3, 0.4) is 0 Å². The normalized spacial score (nSPS) is 20.9. The summed E-state index contributed by atoms with van der Waals surface area (Å²) in [6.45, 7) is 3.98. The molecule has 4 aromatic rings. The van der Waals surface area contributed by atoms with E-state index in [-0.39, 0.29) is 17.4 Å². The molecular formula is C28H22N2O4S. The van der Waals surface area contributed by atoms with Crippen LogP contribution in [0, 0.1) is 6.92 Å². The molecule has 6 rings (SSSR count). The molecule has 1 amide bonds. The lowest BCUT2D eigenvalue weighted by atomic mass is 9.94. The maximum Gasteiger partial charge on any atom is 0.301 e. The number of ether oxygens (including phenoxy) is 1. The first kappa shape index (κ1) is 21.6. The number of aliphatic hydroxyl groups is 1. The van der Waals surface area contributed by atoms with Gasteiger partial charge in [-0.05, 0) is 60.9 Å². The summed E-state index contributed by atoms with van der Waals surface area (Å²) < 4.78 is 6.71. The van der Waals surface area contributed by atoms with Gasteiger partial charge < -0.3 is 9.84 Å². The lowest BCUT2D eigenvalue weighted by Gasteiger charge is -2.23. The molecule has 0 saturated carbocycles. The number of aromatic nitrogens is 1. The zero-order chi connectivity index (χ0) is 24.3. The number of anilines is 1. The summed E-state index contributed by atoms with van der Waals surface area (Å²) in [7, 11) is 0. The number of aliphatic hydroxyl groups excluding tert-OH is 1. The van der Waals surface area contributed by atoms with Gasteiger partial charge in [-0.2, -0.15) is 0 Å². The molecule has 0 aliphatic carbocycles. The minimum Gasteiger partial charge on any atom is -0.507 e. The van der Waals surface area contributed by atoms with E-state index in [0.717, 1.165) is 39.1 Å². The molecule has 6 nitrogen and oxygen atoms in total. The SMILES string of the molecule is Cc1ccc2nc(N3C(=O)C(=O)/C(=C(/O)c4ccc5c(c4)C[C@H](C)O5)[C@H]3c3ccccc3)sc2c1. The molecule has 35 heavy (non-hydrogen) atoms. The minimum atomic E-state index is -0.790. The Morgan fingerprint density at radius 2 is 1.89 bits per heavy atom. The van der Waals surface area contributed by atoms with E-state index in [1.165, 1.54) is 16.2 Å². The molecule has 3 heterocycles. The number of ketones is 1. The summed E-state index contributed by atoms with van der Waals surface area (Å²) in [5, 5.41) is 11.8. The van der Waals surface area contributed by atoms with Crippen LogP contribution in [0.4, 0.5) is 5.13 Å². The fourth-order valence-corrected chi connectivity index (χ4v) is 5.92. The van der Waals surface area contributed by atoms with Crippen LogP contribution in [-0.4, -0.2) is 27.9 Å². The number of carbonyl (C=O) groups excluding carboxylic acids is 2. The van der Waals surface area contributed by atoms with Crippen molar-refractivity contribution in [3.8, 4) is 5.75 Å². The average Bonchev–Trinajstić information content (AvgIpc) is 3.51. The maximum atomic E-state index is 13.4. The number of thiazole rings is 1. The lowest BCUT2D eigenvalue weighted by Crippen LogP contribution is -2.29. The first-order valence-corrected chi connectivity index (χ1v) is 12.3. The van der Waals surface area contributed by atoms with E-state index < -0.39 is 17.7 Å². The van der Waals surface area contributed by atoms with Crippen LogP contribution in [0.15, 0.2) is 72.3 Å². The summed E-state index contributed by atoms with van der Waals surface area (Å²) in [4.78, 5) is 32.9. The van der Waals surface area contributed by atoms with E-state index in [1.54, 1.807) is 12.1 Å².